The van der Waals surface area contributed by atoms with Crippen LogP contribution in [0.15, 0.2) is 59.5 Å². The van der Waals surface area contributed by atoms with Gasteiger partial charge in [0.1, 0.15) is 11.2 Å². The minimum Gasteiger partial charge on any atom is -0.481 e. The molecule has 0 spiro atoms. The van der Waals surface area contributed by atoms with Crippen molar-refractivity contribution in [1.82, 2.24) is 0 Å². The van der Waals surface area contributed by atoms with Crippen LogP contribution in [-0.4, -0.2) is 36.5 Å². The molecule has 3 rings (SSSR count). The zero-order valence-electron chi connectivity index (χ0n) is 12.5. The van der Waals surface area contributed by atoms with Gasteiger partial charge in [-0.05, 0) is 29.8 Å². The zero-order valence-corrected chi connectivity index (χ0v) is 13.3. The summed E-state index contributed by atoms with van der Waals surface area (Å²) in [5.74, 6) is -2.83. The van der Waals surface area contributed by atoms with E-state index in [1.807, 2.05) is 0 Å². The molecule has 3 atom stereocenters. The number of rotatable bonds is 5. The molecule has 1 fully saturated rings. The highest BCUT2D eigenvalue weighted by molar-refractivity contribution is 7.92. The fourth-order valence-corrected chi connectivity index (χ4v) is 5.66. The first-order valence-electron chi connectivity index (χ1n) is 7.24. The molecular weight excluding hydrogens is 335 g/mol. The molecule has 0 amide bonds. The number of hydrogen-bond acceptors (Lipinski definition) is 4. The van der Waals surface area contributed by atoms with Crippen LogP contribution in [0.5, 0.6) is 0 Å². The van der Waals surface area contributed by atoms with Gasteiger partial charge in [-0.15, -0.1) is 0 Å². The van der Waals surface area contributed by atoms with E-state index in [1.165, 1.54) is 24.3 Å². The third kappa shape index (κ3) is 2.32. The van der Waals surface area contributed by atoms with Crippen molar-refractivity contribution >= 4 is 15.8 Å². The quantitative estimate of drug-likeness (QED) is 0.858. The Kier molecular flexibility index (Phi) is 3.93. The Bertz CT molecular complexity index is 864. The van der Waals surface area contributed by atoms with Crippen LogP contribution in [0.4, 0.5) is 4.39 Å². The Hall–Kier alpha value is -2.25. The molecule has 0 heterocycles. The van der Waals surface area contributed by atoms with Gasteiger partial charge < -0.3 is 10.2 Å². The van der Waals surface area contributed by atoms with E-state index in [0.29, 0.717) is 5.56 Å². The van der Waals surface area contributed by atoms with Crippen molar-refractivity contribution in [2.45, 2.75) is 16.1 Å². The van der Waals surface area contributed by atoms with E-state index < -0.39 is 44.8 Å². The number of aliphatic carboxylic acids is 1. The standard InChI is InChI=1S/C17H15FO5S/c18-12-8-6-11(7-9-12)14-15(17(14,10-19)16(20)21)24(22,23)13-4-2-1-3-5-13/h1-9,14-15,19H,10H2,(H,20,21)/t14-,15-,17-/m1/s1. The molecule has 1 aliphatic carbocycles. The molecule has 2 N–H and O–H groups in total. The summed E-state index contributed by atoms with van der Waals surface area (Å²) in [6.07, 6.45) is 0. The molecule has 1 aliphatic rings. The summed E-state index contributed by atoms with van der Waals surface area (Å²) < 4.78 is 38.9. The minimum atomic E-state index is -3.97. The predicted molar refractivity (Wildman–Crippen MR) is 83.7 cm³/mol. The van der Waals surface area contributed by atoms with Crippen molar-refractivity contribution in [3.05, 3.63) is 66.0 Å². The summed E-state index contributed by atoms with van der Waals surface area (Å²) >= 11 is 0. The third-order valence-corrected chi connectivity index (χ3v) is 6.84. The second-order valence-electron chi connectivity index (χ2n) is 5.81. The monoisotopic (exact) mass is 350 g/mol. The van der Waals surface area contributed by atoms with Crippen LogP contribution < -0.4 is 0 Å². The van der Waals surface area contributed by atoms with Crippen molar-refractivity contribution in [1.29, 1.82) is 0 Å². The summed E-state index contributed by atoms with van der Waals surface area (Å²) in [6, 6.07) is 12.5. The van der Waals surface area contributed by atoms with Crippen molar-refractivity contribution in [2.24, 2.45) is 5.41 Å². The number of carboxylic acid groups (broad SMARTS) is 1. The van der Waals surface area contributed by atoms with Crippen LogP contribution in [0, 0.1) is 11.2 Å². The first-order valence-corrected chi connectivity index (χ1v) is 8.79. The van der Waals surface area contributed by atoms with E-state index in [1.54, 1.807) is 18.2 Å². The largest absolute Gasteiger partial charge is 0.481 e. The number of aliphatic hydroxyl groups is 1. The van der Waals surface area contributed by atoms with E-state index in [9.17, 15) is 27.8 Å². The SMILES string of the molecule is O=C(O)[C@]1(CO)[C@H](c2ccc(F)cc2)[C@H]1S(=O)(=O)c1ccccc1. The van der Waals surface area contributed by atoms with Crippen LogP contribution in [0.2, 0.25) is 0 Å². The van der Waals surface area contributed by atoms with Gasteiger partial charge in [0, 0.05) is 5.92 Å². The highest BCUT2D eigenvalue weighted by Crippen LogP contribution is 2.64. The van der Waals surface area contributed by atoms with Gasteiger partial charge in [-0.3, -0.25) is 4.79 Å². The van der Waals surface area contributed by atoms with Crippen LogP contribution in [0.25, 0.3) is 0 Å². The summed E-state index contributed by atoms with van der Waals surface area (Å²) in [4.78, 5) is 11.8. The van der Waals surface area contributed by atoms with Crippen molar-refractivity contribution < 1.29 is 27.8 Å². The van der Waals surface area contributed by atoms with E-state index >= 15 is 0 Å². The number of aliphatic hydroxyl groups excluding tert-OH is 1. The zero-order chi connectivity index (χ0) is 17.5. The maximum absolute atomic E-state index is 13.1. The van der Waals surface area contributed by atoms with Crippen molar-refractivity contribution in [3.8, 4) is 0 Å². The number of carbonyl (C=O) groups is 1. The first-order chi connectivity index (χ1) is 11.4. The van der Waals surface area contributed by atoms with Gasteiger partial charge in [0.25, 0.3) is 0 Å². The molecule has 0 radical (unpaired) electrons. The molecule has 2 aromatic carbocycles. The topological polar surface area (TPSA) is 91.7 Å². The molecule has 24 heavy (non-hydrogen) atoms. The fourth-order valence-electron chi connectivity index (χ4n) is 3.27. The van der Waals surface area contributed by atoms with Gasteiger partial charge >= 0.3 is 5.97 Å². The Morgan fingerprint density at radius 2 is 1.67 bits per heavy atom. The average Bonchev–Trinajstić information content (AvgIpc) is 3.28. The van der Waals surface area contributed by atoms with Gasteiger partial charge in [0.15, 0.2) is 9.84 Å². The maximum atomic E-state index is 13.1. The van der Waals surface area contributed by atoms with E-state index in [0.717, 1.165) is 12.1 Å². The summed E-state index contributed by atoms with van der Waals surface area (Å²) in [5, 5.41) is 17.9. The van der Waals surface area contributed by atoms with Gasteiger partial charge in [0.2, 0.25) is 0 Å². The highest BCUT2D eigenvalue weighted by Gasteiger charge is 2.75. The van der Waals surface area contributed by atoms with Crippen LogP contribution in [0.1, 0.15) is 11.5 Å². The normalized spacial score (nSPS) is 26.1. The molecule has 0 saturated heterocycles. The Morgan fingerprint density at radius 1 is 1.08 bits per heavy atom. The van der Waals surface area contributed by atoms with Crippen molar-refractivity contribution in [3.63, 3.8) is 0 Å². The van der Waals surface area contributed by atoms with Gasteiger partial charge in [0.05, 0.1) is 16.8 Å². The third-order valence-electron chi connectivity index (χ3n) is 4.55. The molecule has 0 aromatic heterocycles. The molecule has 1 saturated carbocycles. The number of benzene rings is 2. The molecule has 5 nitrogen and oxygen atoms in total. The second kappa shape index (κ2) is 5.68. The smallest absolute Gasteiger partial charge is 0.314 e. The number of carboxylic acids is 1. The van der Waals surface area contributed by atoms with Gasteiger partial charge in [-0.25, -0.2) is 12.8 Å². The molecule has 0 bridgehead atoms. The van der Waals surface area contributed by atoms with E-state index in [4.69, 9.17) is 0 Å². The Morgan fingerprint density at radius 3 is 2.17 bits per heavy atom. The van der Waals surface area contributed by atoms with E-state index in [-0.39, 0.29) is 4.90 Å². The van der Waals surface area contributed by atoms with Crippen LogP contribution in [0.3, 0.4) is 0 Å². The van der Waals surface area contributed by atoms with Gasteiger partial charge in [-0.2, -0.15) is 0 Å². The second-order valence-corrected chi connectivity index (χ2v) is 7.88. The average molecular weight is 350 g/mol. The molecule has 0 unspecified atom stereocenters. The molecule has 7 heteroatoms. The van der Waals surface area contributed by atoms with Crippen LogP contribution >= 0.6 is 0 Å². The Balaban J connectivity index is 2.11. The minimum absolute atomic E-state index is 0.00122. The van der Waals surface area contributed by atoms with Crippen LogP contribution in [-0.2, 0) is 14.6 Å². The lowest BCUT2D eigenvalue weighted by Crippen LogP contribution is -2.27. The van der Waals surface area contributed by atoms with Gasteiger partial charge in [-0.1, -0.05) is 30.3 Å². The fraction of sp³-hybridized carbons (Fsp3) is 0.235. The Labute approximate surface area is 138 Å². The summed E-state index contributed by atoms with van der Waals surface area (Å²) in [7, 11) is -3.97. The molecule has 126 valence electrons. The lowest BCUT2D eigenvalue weighted by atomic mass is 10.0. The number of halogens is 1. The lowest BCUT2D eigenvalue weighted by molar-refractivity contribution is -0.145. The molecule has 2 aromatic rings. The van der Waals surface area contributed by atoms with Crippen molar-refractivity contribution in [2.75, 3.05) is 6.61 Å². The molecular formula is C17H15FO5S. The first kappa shape index (κ1) is 16.6. The maximum Gasteiger partial charge on any atom is 0.314 e. The predicted octanol–water partition coefficient (Wildman–Crippen LogP) is 1.83. The number of hydrogen-bond donors (Lipinski definition) is 2. The summed E-state index contributed by atoms with van der Waals surface area (Å²) in [6.45, 7) is -0.818. The summed E-state index contributed by atoms with van der Waals surface area (Å²) in [5.41, 5.74) is -1.45. The molecule has 0 aliphatic heterocycles. The highest BCUT2D eigenvalue weighted by atomic mass is 32.2. The number of sulfone groups is 1. The lowest BCUT2D eigenvalue weighted by Gasteiger charge is -2.09. The van der Waals surface area contributed by atoms with E-state index in [2.05, 4.69) is 0 Å².